The molecule has 0 saturated heterocycles. The van der Waals surface area contributed by atoms with Crippen LogP contribution in [0.25, 0.3) is 11.1 Å². The minimum atomic E-state index is -0.964. The van der Waals surface area contributed by atoms with Crippen molar-refractivity contribution < 1.29 is 14.7 Å². The van der Waals surface area contributed by atoms with Crippen molar-refractivity contribution in [2.24, 2.45) is 0 Å². The number of pyridine rings is 1. The molecule has 2 unspecified atom stereocenters. The molecule has 7 nitrogen and oxygen atoms in total. The Kier molecular flexibility index (Phi) is 5.27. The van der Waals surface area contributed by atoms with Gasteiger partial charge in [-0.25, -0.2) is 9.78 Å². The number of nitrogen functional groups attached to an aromatic ring is 1. The van der Waals surface area contributed by atoms with Gasteiger partial charge in [-0.1, -0.05) is 6.07 Å². The topological polar surface area (TPSA) is 99.8 Å². The highest BCUT2D eigenvalue weighted by atomic mass is 16.4. The Morgan fingerprint density at radius 3 is 2.46 bits per heavy atom. The Morgan fingerprint density at radius 2 is 1.93 bits per heavy atom. The first-order valence-electron chi connectivity index (χ1n) is 9.37. The molecule has 2 atom stereocenters. The largest absolute Gasteiger partial charge is 0.465 e. The quantitative estimate of drug-likeness (QED) is 0.838. The summed E-state index contributed by atoms with van der Waals surface area (Å²) in [6, 6.07) is 8.78. The second kappa shape index (κ2) is 7.50. The van der Waals surface area contributed by atoms with Gasteiger partial charge in [-0.15, -0.1) is 0 Å². The lowest BCUT2D eigenvalue weighted by Crippen LogP contribution is -2.48. The van der Waals surface area contributed by atoms with E-state index >= 15 is 0 Å². The van der Waals surface area contributed by atoms with E-state index < -0.39 is 6.09 Å². The molecular formula is C21H26N4O3. The van der Waals surface area contributed by atoms with Gasteiger partial charge in [0.2, 0.25) is 5.91 Å². The molecule has 28 heavy (non-hydrogen) atoms. The molecule has 2 aromatic rings. The zero-order valence-corrected chi connectivity index (χ0v) is 16.6. The first kappa shape index (κ1) is 19.7. The first-order valence-corrected chi connectivity index (χ1v) is 9.37. The first-order chi connectivity index (χ1) is 13.2. The lowest BCUT2D eigenvalue weighted by Gasteiger charge is -2.43. The fourth-order valence-corrected chi connectivity index (χ4v) is 4.05. The minimum Gasteiger partial charge on any atom is -0.465 e. The van der Waals surface area contributed by atoms with E-state index in [1.54, 1.807) is 17.2 Å². The Labute approximate surface area is 164 Å². The van der Waals surface area contributed by atoms with E-state index in [4.69, 9.17) is 5.73 Å². The van der Waals surface area contributed by atoms with Gasteiger partial charge in [0.25, 0.3) is 0 Å². The van der Waals surface area contributed by atoms with E-state index in [2.05, 4.69) is 4.98 Å². The summed E-state index contributed by atoms with van der Waals surface area (Å²) in [6.07, 6.45) is 1.27. The summed E-state index contributed by atoms with van der Waals surface area (Å²) in [6.45, 7) is 7.22. The molecule has 1 aliphatic rings. The Morgan fingerprint density at radius 1 is 1.25 bits per heavy atom. The summed E-state index contributed by atoms with van der Waals surface area (Å²) < 4.78 is 0. The van der Waals surface area contributed by atoms with E-state index in [0.29, 0.717) is 12.2 Å². The van der Waals surface area contributed by atoms with Crippen molar-refractivity contribution in [1.29, 1.82) is 0 Å². The van der Waals surface area contributed by atoms with E-state index in [0.717, 1.165) is 22.4 Å². The van der Waals surface area contributed by atoms with Crippen LogP contribution in [0.5, 0.6) is 0 Å². The summed E-state index contributed by atoms with van der Waals surface area (Å²) in [5, 5.41) is 9.82. The summed E-state index contributed by atoms with van der Waals surface area (Å²) in [5.41, 5.74) is 9.07. The number of fused-ring (bicyclic) bond motifs is 1. The Balaban J connectivity index is 2.17. The molecule has 3 rings (SSSR count). The van der Waals surface area contributed by atoms with Gasteiger partial charge in [-0.05, 0) is 62.6 Å². The lowest BCUT2D eigenvalue weighted by atomic mass is 9.88. The molecule has 1 aromatic carbocycles. The maximum absolute atomic E-state index is 12.3. The van der Waals surface area contributed by atoms with Gasteiger partial charge in [0, 0.05) is 36.5 Å². The molecule has 148 valence electrons. The number of rotatable bonds is 3. The van der Waals surface area contributed by atoms with Gasteiger partial charge in [-0.2, -0.15) is 0 Å². The molecule has 0 spiro atoms. The molecule has 0 saturated carbocycles. The molecule has 3 N–H and O–H groups in total. The van der Waals surface area contributed by atoms with E-state index in [1.807, 2.05) is 45.0 Å². The van der Waals surface area contributed by atoms with Crippen molar-refractivity contribution in [2.75, 3.05) is 10.6 Å². The average molecular weight is 382 g/mol. The number of carbonyl (C=O) groups excluding carboxylic acids is 1. The number of nitrogens with zero attached hydrogens (tertiary/aromatic N) is 3. The third-order valence-electron chi connectivity index (χ3n) is 5.22. The number of hydrogen-bond donors (Lipinski definition) is 2. The van der Waals surface area contributed by atoms with Gasteiger partial charge >= 0.3 is 6.09 Å². The second-order valence-corrected chi connectivity index (χ2v) is 7.52. The van der Waals surface area contributed by atoms with Crippen LogP contribution in [0.1, 0.15) is 45.7 Å². The molecule has 7 heteroatoms. The molecule has 0 fully saturated rings. The number of hydrogen-bond acceptors (Lipinski definition) is 4. The van der Waals surface area contributed by atoms with Crippen LogP contribution in [0.15, 0.2) is 36.5 Å². The highest BCUT2D eigenvalue weighted by molar-refractivity contribution is 5.94. The van der Waals surface area contributed by atoms with Crippen LogP contribution < -0.4 is 10.6 Å². The van der Waals surface area contributed by atoms with Crippen molar-refractivity contribution in [2.45, 2.75) is 52.2 Å². The zero-order valence-electron chi connectivity index (χ0n) is 16.6. The maximum atomic E-state index is 12.3. The summed E-state index contributed by atoms with van der Waals surface area (Å²) >= 11 is 0. The maximum Gasteiger partial charge on any atom is 0.408 e. The van der Waals surface area contributed by atoms with E-state index in [-0.39, 0.29) is 24.0 Å². The molecule has 1 aliphatic heterocycles. The van der Waals surface area contributed by atoms with Crippen LogP contribution in [0.3, 0.4) is 0 Å². The smallest absolute Gasteiger partial charge is 0.408 e. The fourth-order valence-electron chi connectivity index (χ4n) is 4.05. The van der Waals surface area contributed by atoms with Crippen LogP contribution >= 0.6 is 0 Å². The molecular weight excluding hydrogens is 356 g/mol. The number of carboxylic acid groups (broad SMARTS) is 1. The third kappa shape index (κ3) is 3.52. The lowest BCUT2D eigenvalue weighted by molar-refractivity contribution is -0.117. The average Bonchev–Trinajstić information content (AvgIpc) is 2.61. The number of anilines is 2. The van der Waals surface area contributed by atoms with Gasteiger partial charge in [-0.3, -0.25) is 9.69 Å². The zero-order chi connectivity index (χ0) is 20.6. The predicted octanol–water partition coefficient (Wildman–Crippen LogP) is 3.91. The number of carbonyl (C=O) groups is 2. The second-order valence-electron chi connectivity index (χ2n) is 7.52. The highest BCUT2D eigenvalue weighted by Crippen LogP contribution is 2.43. The number of amides is 2. The number of nitrogens with two attached hydrogens (primary N) is 1. The Bertz CT molecular complexity index is 895. The van der Waals surface area contributed by atoms with Crippen molar-refractivity contribution in [3.05, 3.63) is 42.1 Å². The van der Waals surface area contributed by atoms with Crippen LogP contribution in [0, 0.1) is 0 Å². The Hall–Kier alpha value is -3.09. The van der Waals surface area contributed by atoms with Crippen LogP contribution in [0.4, 0.5) is 16.3 Å². The number of benzene rings is 1. The molecule has 1 aromatic heterocycles. The monoisotopic (exact) mass is 382 g/mol. The number of aromatic nitrogens is 1. The molecule has 0 radical (unpaired) electrons. The van der Waals surface area contributed by atoms with Crippen molar-refractivity contribution in [1.82, 2.24) is 9.88 Å². The molecule has 0 aliphatic carbocycles. The standard InChI is InChI=1S/C21H26N4O3/c1-12(2)24(21(27)28)19-9-13(3)25(14(4)26)18-7-5-15(10-17(18)19)16-6-8-20(22)23-11-16/h5-8,10-13,19H,9H2,1-4H3,(H2,22,23)(H,27,28). The minimum absolute atomic E-state index is 0.0551. The van der Waals surface area contributed by atoms with Crippen LogP contribution in [-0.4, -0.2) is 39.1 Å². The van der Waals surface area contributed by atoms with Crippen molar-refractivity contribution in [3.8, 4) is 11.1 Å². The normalized spacial score (nSPS) is 18.7. The van der Waals surface area contributed by atoms with E-state index in [1.165, 1.54) is 11.8 Å². The summed E-state index contributed by atoms with van der Waals surface area (Å²) in [5.74, 6) is 0.383. The highest BCUT2D eigenvalue weighted by Gasteiger charge is 2.38. The molecule has 2 heterocycles. The van der Waals surface area contributed by atoms with Crippen LogP contribution in [0.2, 0.25) is 0 Å². The molecule has 2 amide bonds. The molecule has 0 bridgehead atoms. The van der Waals surface area contributed by atoms with Crippen molar-refractivity contribution >= 4 is 23.5 Å². The third-order valence-corrected chi connectivity index (χ3v) is 5.22. The van der Waals surface area contributed by atoms with E-state index in [9.17, 15) is 14.7 Å². The predicted molar refractivity (Wildman–Crippen MR) is 109 cm³/mol. The van der Waals surface area contributed by atoms with Gasteiger partial charge in [0.05, 0.1) is 6.04 Å². The van der Waals surface area contributed by atoms with Gasteiger partial charge in [0.15, 0.2) is 0 Å². The van der Waals surface area contributed by atoms with Gasteiger partial charge in [0.1, 0.15) is 5.82 Å². The summed E-state index contributed by atoms with van der Waals surface area (Å²) in [4.78, 5) is 31.6. The van der Waals surface area contributed by atoms with Crippen LogP contribution in [-0.2, 0) is 4.79 Å². The fraction of sp³-hybridized carbons (Fsp3) is 0.381. The van der Waals surface area contributed by atoms with Gasteiger partial charge < -0.3 is 15.7 Å². The SMILES string of the molecule is CC(=O)N1c2ccc(-c3ccc(N)nc3)cc2C(N(C(=O)O)C(C)C)CC1C. The van der Waals surface area contributed by atoms with Crippen molar-refractivity contribution in [3.63, 3.8) is 0 Å². The summed E-state index contributed by atoms with van der Waals surface area (Å²) in [7, 11) is 0.